The maximum atomic E-state index is 11.5. The number of ether oxygens (including phenoxy) is 1. The number of hydrogen-bond acceptors (Lipinski definition) is 7. The number of carbonyl (C=O) groups excluding carboxylic acids is 1. The average Bonchev–Trinajstić information content (AvgIpc) is 2.28. The number of rotatable bonds is 4. The number of alkyl carbamates (subject to hydrolysis) is 1. The molecule has 0 fully saturated rings. The number of carbonyl (C=O) groups is 2. The number of carboxylic acids is 1. The Bertz CT molecular complexity index is 483. The van der Waals surface area contributed by atoms with Crippen LogP contribution in [0.25, 0.3) is 0 Å². The van der Waals surface area contributed by atoms with Gasteiger partial charge in [0, 0.05) is 6.42 Å². The second kappa shape index (κ2) is 6.22. The predicted molar refractivity (Wildman–Crippen MR) is 66.9 cm³/mol. The van der Waals surface area contributed by atoms with E-state index in [9.17, 15) is 9.59 Å². The van der Waals surface area contributed by atoms with E-state index in [2.05, 4.69) is 25.7 Å². The van der Waals surface area contributed by atoms with Crippen LogP contribution in [0.3, 0.4) is 0 Å². The maximum absolute atomic E-state index is 11.5. The van der Waals surface area contributed by atoms with Gasteiger partial charge in [-0.05, 0) is 27.7 Å². The first-order valence-corrected chi connectivity index (χ1v) is 5.92. The fourth-order valence-corrected chi connectivity index (χ4v) is 1.21. The zero-order valence-electron chi connectivity index (χ0n) is 11.7. The van der Waals surface area contributed by atoms with E-state index in [-0.39, 0.29) is 12.2 Å². The molecule has 1 atom stereocenters. The summed E-state index contributed by atoms with van der Waals surface area (Å²) in [5.41, 5.74) is -0.712. The Morgan fingerprint density at radius 2 is 1.80 bits per heavy atom. The second-order valence-electron chi connectivity index (χ2n) is 5.10. The lowest BCUT2D eigenvalue weighted by molar-refractivity contribution is -0.139. The van der Waals surface area contributed by atoms with Crippen LogP contribution in [-0.2, 0) is 16.0 Å². The van der Waals surface area contributed by atoms with Gasteiger partial charge in [-0.2, -0.15) is 0 Å². The van der Waals surface area contributed by atoms with Crippen LogP contribution < -0.4 is 5.32 Å². The summed E-state index contributed by atoms with van der Waals surface area (Å²) < 4.78 is 4.99. The van der Waals surface area contributed by atoms with E-state index in [0.717, 1.165) is 0 Å². The molecule has 110 valence electrons. The van der Waals surface area contributed by atoms with Gasteiger partial charge in [-0.1, -0.05) is 0 Å². The Hall–Kier alpha value is -2.32. The van der Waals surface area contributed by atoms with Crippen molar-refractivity contribution in [1.29, 1.82) is 0 Å². The summed E-state index contributed by atoms with van der Waals surface area (Å²) in [4.78, 5) is 22.7. The summed E-state index contributed by atoms with van der Waals surface area (Å²) in [6, 6.07) is -1.21. The van der Waals surface area contributed by atoms with E-state index in [1.807, 2.05) is 0 Å². The molecule has 0 aromatic carbocycles. The van der Waals surface area contributed by atoms with Crippen molar-refractivity contribution < 1.29 is 19.4 Å². The third-order valence-electron chi connectivity index (χ3n) is 2.00. The fourth-order valence-electron chi connectivity index (χ4n) is 1.21. The van der Waals surface area contributed by atoms with Crippen molar-refractivity contribution >= 4 is 12.1 Å². The minimum atomic E-state index is -1.22. The number of aromatic nitrogens is 4. The molecule has 2 N–H and O–H groups in total. The molecule has 0 saturated heterocycles. The molecule has 1 aromatic rings. The monoisotopic (exact) mass is 283 g/mol. The van der Waals surface area contributed by atoms with Crippen molar-refractivity contribution in [2.24, 2.45) is 0 Å². The third-order valence-corrected chi connectivity index (χ3v) is 2.00. The van der Waals surface area contributed by atoms with Crippen molar-refractivity contribution in [2.45, 2.75) is 45.8 Å². The Balaban J connectivity index is 2.68. The molecule has 1 heterocycles. The topological polar surface area (TPSA) is 127 Å². The van der Waals surface area contributed by atoms with E-state index in [0.29, 0.717) is 5.82 Å². The van der Waals surface area contributed by atoms with Gasteiger partial charge in [0.15, 0.2) is 11.6 Å². The minimum absolute atomic E-state index is 0.124. The second-order valence-corrected chi connectivity index (χ2v) is 5.10. The number of nitrogens with one attached hydrogen (secondary N) is 1. The summed E-state index contributed by atoms with van der Waals surface area (Å²) >= 11 is 0. The molecule has 0 bridgehead atoms. The highest BCUT2D eigenvalue weighted by molar-refractivity contribution is 5.80. The van der Waals surface area contributed by atoms with E-state index in [1.54, 1.807) is 27.7 Å². The number of carboxylic acid groups (broad SMARTS) is 1. The number of hydrogen-bond donors (Lipinski definition) is 2. The van der Waals surface area contributed by atoms with Gasteiger partial charge >= 0.3 is 12.1 Å². The first kappa shape index (κ1) is 15.7. The molecule has 0 radical (unpaired) electrons. The quantitative estimate of drug-likeness (QED) is 0.796. The Kier molecular flexibility index (Phi) is 4.89. The highest BCUT2D eigenvalue weighted by Gasteiger charge is 2.25. The van der Waals surface area contributed by atoms with Crippen LogP contribution in [0.5, 0.6) is 0 Å². The molecule has 0 aliphatic heterocycles. The van der Waals surface area contributed by atoms with Gasteiger partial charge in [-0.25, -0.2) is 9.59 Å². The molecule has 1 rings (SSSR count). The number of aryl methyl sites for hydroxylation is 1. The Labute approximate surface area is 115 Å². The lowest BCUT2D eigenvalue weighted by Gasteiger charge is -2.21. The molecule has 0 aliphatic rings. The summed E-state index contributed by atoms with van der Waals surface area (Å²) in [5.74, 6) is -0.722. The van der Waals surface area contributed by atoms with E-state index in [4.69, 9.17) is 9.84 Å². The van der Waals surface area contributed by atoms with Crippen LogP contribution in [0.1, 0.15) is 32.4 Å². The van der Waals surface area contributed by atoms with Gasteiger partial charge in [0.2, 0.25) is 0 Å². The van der Waals surface area contributed by atoms with Crippen molar-refractivity contribution in [2.75, 3.05) is 0 Å². The smallest absolute Gasteiger partial charge is 0.408 e. The lowest BCUT2D eigenvalue weighted by atomic mass is 10.2. The summed E-state index contributed by atoms with van der Waals surface area (Å²) in [6.07, 6.45) is -0.951. The molecule has 1 amide bonds. The van der Waals surface area contributed by atoms with Crippen LogP contribution in [0.2, 0.25) is 0 Å². The lowest BCUT2D eigenvalue weighted by Crippen LogP contribution is -2.45. The third kappa shape index (κ3) is 5.55. The molecular formula is C11H17N5O4. The summed E-state index contributed by atoms with van der Waals surface area (Å²) in [7, 11) is 0. The molecule has 0 spiro atoms. The van der Waals surface area contributed by atoms with Gasteiger partial charge < -0.3 is 15.2 Å². The van der Waals surface area contributed by atoms with Crippen molar-refractivity contribution in [1.82, 2.24) is 25.7 Å². The van der Waals surface area contributed by atoms with Crippen LogP contribution in [0.4, 0.5) is 4.79 Å². The summed E-state index contributed by atoms with van der Waals surface area (Å²) in [5, 5.41) is 26.1. The average molecular weight is 283 g/mol. The Morgan fingerprint density at radius 1 is 1.25 bits per heavy atom. The minimum Gasteiger partial charge on any atom is -0.480 e. The van der Waals surface area contributed by atoms with Crippen LogP contribution in [-0.4, -0.2) is 49.2 Å². The molecule has 0 unspecified atom stereocenters. The van der Waals surface area contributed by atoms with Crippen LogP contribution in [0, 0.1) is 6.92 Å². The highest BCUT2D eigenvalue weighted by Crippen LogP contribution is 2.07. The first-order valence-electron chi connectivity index (χ1n) is 5.92. The van der Waals surface area contributed by atoms with Crippen molar-refractivity contribution in [3.63, 3.8) is 0 Å². The highest BCUT2D eigenvalue weighted by atomic mass is 16.6. The molecule has 9 nitrogen and oxygen atoms in total. The van der Waals surface area contributed by atoms with Gasteiger partial charge in [0.25, 0.3) is 0 Å². The molecule has 9 heteroatoms. The van der Waals surface area contributed by atoms with E-state index < -0.39 is 23.7 Å². The maximum Gasteiger partial charge on any atom is 0.408 e. The SMILES string of the molecule is Cc1nnc(C[C@H](NC(=O)OC(C)(C)C)C(=O)O)nn1. The molecular weight excluding hydrogens is 266 g/mol. The van der Waals surface area contributed by atoms with Gasteiger partial charge in [0.05, 0.1) is 0 Å². The van der Waals surface area contributed by atoms with Crippen LogP contribution in [0.15, 0.2) is 0 Å². The molecule has 0 aliphatic carbocycles. The molecule has 0 saturated carbocycles. The normalized spacial score (nSPS) is 12.6. The Morgan fingerprint density at radius 3 is 2.25 bits per heavy atom. The zero-order valence-corrected chi connectivity index (χ0v) is 11.7. The number of nitrogens with zero attached hydrogens (tertiary/aromatic N) is 4. The fraction of sp³-hybridized carbons (Fsp3) is 0.636. The van der Waals surface area contributed by atoms with E-state index >= 15 is 0 Å². The van der Waals surface area contributed by atoms with Crippen LogP contribution >= 0.6 is 0 Å². The first-order chi connectivity index (χ1) is 9.17. The molecule has 20 heavy (non-hydrogen) atoms. The van der Waals surface area contributed by atoms with Gasteiger partial charge in [-0.15, -0.1) is 20.4 Å². The zero-order chi connectivity index (χ0) is 15.3. The van der Waals surface area contributed by atoms with Gasteiger partial charge in [-0.3, -0.25) is 0 Å². The predicted octanol–water partition coefficient (Wildman–Crippen LogP) is 0.0954. The molecule has 1 aromatic heterocycles. The number of amides is 1. The van der Waals surface area contributed by atoms with Crippen molar-refractivity contribution in [3.05, 3.63) is 11.6 Å². The standard InChI is InChI=1S/C11H17N5O4/c1-6-13-15-8(16-14-6)5-7(9(17)18)12-10(19)20-11(2,3)4/h7H,5H2,1-4H3,(H,12,19)(H,17,18)/t7-/m0/s1. The summed E-state index contributed by atoms with van der Waals surface area (Å²) in [6.45, 7) is 6.65. The largest absolute Gasteiger partial charge is 0.480 e. The number of aliphatic carboxylic acids is 1. The van der Waals surface area contributed by atoms with Gasteiger partial charge in [0.1, 0.15) is 11.6 Å². The van der Waals surface area contributed by atoms with Crippen molar-refractivity contribution in [3.8, 4) is 0 Å². The van der Waals surface area contributed by atoms with E-state index in [1.165, 1.54) is 0 Å².